The predicted molar refractivity (Wildman–Crippen MR) is 320 cm³/mol. The topological polar surface area (TPSA) is 216 Å². The quantitative estimate of drug-likeness (QED) is 0.0576. The Bertz CT molecular complexity index is 3670. The zero-order chi connectivity index (χ0) is 58.0. The lowest BCUT2D eigenvalue weighted by atomic mass is 9.85. The predicted octanol–water partition coefficient (Wildman–Crippen LogP) is 11.3. The zero-order valence-corrected chi connectivity index (χ0v) is 48.5. The van der Waals surface area contributed by atoms with Crippen LogP contribution in [-0.2, 0) is 33.8 Å². The minimum absolute atomic E-state index is 0.0232. The van der Waals surface area contributed by atoms with Gasteiger partial charge in [0.25, 0.3) is 5.91 Å². The van der Waals surface area contributed by atoms with Gasteiger partial charge in [-0.2, -0.15) is 0 Å². The standard InChI is InChI=1S/C64H66N8O8S2/c1-36(31-55(74)69-58(64(5,6)7)61(77)72-33-44(73)32-51(72)60(76)66-38(3)41-20-22-43(23-21-41)57-39(4)65-35-81-57)30-40-18-24-45(25-19-40)80-52-16-11-13-46(37(52)2)47-26-27-54(68-56(47)62(78)79)71-29-28-42-12-10-14-48(49(42)34-71)59(75)70-63-67-50-15-8-9-17-53(50)82-63/h8-27,35-36,38,44,51,58,73H,28-34H2,1-7H3,(H,66,76)(H,69,74)(H,78,79)(H,67,70,75). The number of para-hydroxylation sites is 1. The number of aliphatic hydroxyl groups excluding tert-OH is 1. The first-order valence-electron chi connectivity index (χ1n) is 27.5. The highest BCUT2D eigenvalue weighted by atomic mass is 32.1. The maximum absolute atomic E-state index is 14.4. The highest BCUT2D eigenvalue weighted by molar-refractivity contribution is 7.22. The van der Waals surface area contributed by atoms with Gasteiger partial charge < -0.3 is 35.4 Å². The van der Waals surface area contributed by atoms with E-state index in [4.69, 9.17) is 9.72 Å². The van der Waals surface area contributed by atoms with Gasteiger partial charge in [-0.25, -0.2) is 19.7 Å². The average Bonchev–Trinajstić information content (AvgIpc) is 4.32. The van der Waals surface area contributed by atoms with Crippen molar-refractivity contribution in [3.8, 4) is 33.1 Å². The number of ether oxygens (including phenoxy) is 1. The van der Waals surface area contributed by atoms with Crippen molar-refractivity contribution >= 4 is 73.4 Å². The van der Waals surface area contributed by atoms with Crippen LogP contribution >= 0.6 is 22.7 Å². The Balaban J connectivity index is 0.747. The summed E-state index contributed by atoms with van der Waals surface area (Å²) in [7, 11) is 0. The molecule has 16 nitrogen and oxygen atoms in total. The van der Waals surface area contributed by atoms with Crippen LogP contribution in [0.2, 0.25) is 0 Å². The third-order valence-electron chi connectivity index (χ3n) is 15.3. The molecule has 0 saturated carbocycles. The van der Waals surface area contributed by atoms with Crippen LogP contribution in [0.25, 0.3) is 31.8 Å². The first-order valence-corrected chi connectivity index (χ1v) is 29.2. The van der Waals surface area contributed by atoms with E-state index < -0.39 is 35.5 Å². The summed E-state index contributed by atoms with van der Waals surface area (Å²) < 4.78 is 7.38. The van der Waals surface area contributed by atoms with Gasteiger partial charge in [0.15, 0.2) is 10.8 Å². The number of pyridine rings is 1. The number of thiazole rings is 2. The van der Waals surface area contributed by atoms with Gasteiger partial charge in [-0.15, -0.1) is 11.3 Å². The number of carbonyl (C=O) groups is 5. The number of aromatic nitrogens is 3. The molecule has 2 aliphatic rings. The minimum Gasteiger partial charge on any atom is -0.476 e. The van der Waals surface area contributed by atoms with E-state index in [1.165, 1.54) is 16.2 Å². The Hall–Kier alpha value is -8.32. The molecule has 1 saturated heterocycles. The van der Waals surface area contributed by atoms with Crippen molar-refractivity contribution in [1.29, 1.82) is 0 Å². The number of hydrogen-bond acceptors (Lipinski definition) is 13. The van der Waals surface area contributed by atoms with Crippen LogP contribution in [0.5, 0.6) is 11.5 Å². The summed E-state index contributed by atoms with van der Waals surface area (Å²) in [5.41, 5.74) is 9.93. The van der Waals surface area contributed by atoms with Gasteiger partial charge in [0.2, 0.25) is 17.7 Å². The molecular formula is C64H66N8O8S2. The lowest BCUT2D eigenvalue weighted by molar-refractivity contribution is -0.144. The molecule has 5 atom stereocenters. The number of likely N-dealkylation sites (tertiary alicyclic amines) is 1. The molecule has 422 valence electrons. The van der Waals surface area contributed by atoms with Crippen LogP contribution in [0.4, 0.5) is 10.9 Å². The van der Waals surface area contributed by atoms with E-state index >= 15 is 0 Å². The number of β-amino-alcohol motifs (C(OH)–C–C–N with tert-alkyl or cyclic N) is 1. The second kappa shape index (κ2) is 24.0. The van der Waals surface area contributed by atoms with Crippen LogP contribution < -0.4 is 25.6 Å². The fourth-order valence-corrected chi connectivity index (χ4v) is 12.6. The fraction of sp³-hybridized carbons (Fsp3) is 0.312. The van der Waals surface area contributed by atoms with E-state index in [-0.39, 0.29) is 54.8 Å². The Morgan fingerprint density at radius 1 is 0.841 bits per heavy atom. The molecule has 0 radical (unpaired) electrons. The lowest BCUT2D eigenvalue weighted by Gasteiger charge is -2.35. The zero-order valence-electron chi connectivity index (χ0n) is 46.9. The van der Waals surface area contributed by atoms with E-state index in [1.54, 1.807) is 23.5 Å². The summed E-state index contributed by atoms with van der Waals surface area (Å²) in [6.45, 7) is 14.2. The van der Waals surface area contributed by atoms with E-state index in [0.29, 0.717) is 65.1 Å². The van der Waals surface area contributed by atoms with Gasteiger partial charge in [-0.1, -0.05) is 112 Å². The van der Waals surface area contributed by atoms with Crippen LogP contribution in [0, 0.1) is 25.2 Å². The van der Waals surface area contributed by atoms with Gasteiger partial charge >= 0.3 is 5.97 Å². The number of amides is 4. The molecule has 5 N–H and O–H groups in total. The number of nitrogens with one attached hydrogen (secondary N) is 3. The number of fused-ring (bicyclic) bond motifs is 2. The third kappa shape index (κ3) is 12.6. The smallest absolute Gasteiger partial charge is 0.355 e. The largest absolute Gasteiger partial charge is 0.476 e. The van der Waals surface area contributed by atoms with Gasteiger partial charge in [-0.05, 0) is 132 Å². The highest BCUT2D eigenvalue weighted by Crippen LogP contribution is 2.37. The molecule has 0 bridgehead atoms. The Morgan fingerprint density at radius 2 is 1.60 bits per heavy atom. The molecule has 10 rings (SSSR count). The lowest BCUT2D eigenvalue weighted by Crippen LogP contribution is -2.58. The molecule has 4 amide bonds. The molecule has 82 heavy (non-hydrogen) atoms. The normalized spacial score (nSPS) is 16.2. The Kier molecular flexibility index (Phi) is 16.7. The molecule has 3 aromatic heterocycles. The molecule has 5 unspecified atom stereocenters. The first-order chi connectivity index (χ1) is 39.3. The molecular weight excluding hydrogens is 1070 g/mol. The minimum atomic E-state index is -1.18. The molecule has 5 heterocycles. The molecule has 1 fully saturated rings. The van der Waals surface area contributed by atoms with Crippen molar-refractivity contribution in [2.75, 3.05) is 23.3 Å². The molecule has 0 spiro atoms. The number of carboxylic acid groups (broad SMARTS) is 1. The van der Waals surface area contributed by atoms with Crippen molar-refractivity contribution < 1.29 is 38.9 Å². The van der Waals surface area contributed by atoms with E-state index in [0.717, 1.165) is 54.2 Å². The number of hydrogen-bond donors (Lipinski definition) is 5. The first kappa shape index (κ1) is 56.9. The number of nitrogens with zero attached hydrogens (tertiary/aromatic N) is 5. The highest BCUT2D eigenvalue weighted by Gasteiger charge is 2.45. The van der Waals surface area contributed by atoms with Crippen LogP contribution in [0.15, 0.2) is 127 Å². The number of carboxylic acids is 1. The van der Waals surface area contributed by atoms with Crippen LogP contribution in [-0.4, -0.2) is 90.9 Å². The summed E-state index contributed by atoms with van der Waals surface area (Å²) in [5.74, 6) is -1.04. The number of aromatic carboxylic acids is 1. The summed E-state index contributed by atoms with van der Waals surface area (Å²) in [5, 5.41) is 30.9. The van der Waals surface area contributed by atoms with Gasteiger partial charge in [0.1, 0.15) is 29.4 Å². The number of aliphatic hydroxyl groups is 1. The van der Waals surface area contributed by atoms with Gasteiger partial charge in [0.05, 0.1) is 38.4 Å². The second-order valence-corrected chi connectivity index (χ2v) is 24.4. The van der Waals surface area contributed by atoms with E-state index in [9.17, 15) is 34.2 Å². The number of anilines is 2. The third-order valence-corrected chi connectivity index (χ3v) is 17.3. The number of rotatable bonds is 17. The average molecular weight is 1140 g/mol. The SMILES string of the molecule is Cc1ncsc1-c1ccc(C(C)NC(=O)C2CC(O)CN2C(=O)C(NC(=O)CC(C)Cc2ccc(Oc3cccc(-c4ccc(N5CCc6cccc(C(=O)Nc7nc8ccccc8s7)c6C5)nc4C(=O)O)c3C)cc2)C(C)(C)C)cc1. The monoisotopic (exact) mass is 1140 g/mol. The van der Waals surface area contributed by atoms with Crippen molar-refractivity contribution in [2.45, 2.75) is 105 Å². The molecule has 5 aromatic carbocycles. The van der Waals surface area contributed by atoms with Gasteiger partial charge in [-0.3, -0.25) is 24.5 Å². The number of carbonyl (C=O) groups excluding carboxylic acids is 4. The van der Waals surface area contributed by atoms with E-state index in [2.05, 4.69) is 25.9 Å². The number of benzene rings is 5. The molecule has 8 aromatic rings. The maximum atomic E-state index is 14.4. The molecule has 2 aliphatic heterocycles. The second-order valence-electron chi connectivity index (χ2n) is 22.5. The Labute approximate surface area is 484 Å². The summed E-state index contributed by atoms with van der Waals surface area (Å²) in [6, 6.07) is 35.8. The van der Waals surface area contributed by atoms with E-state index in [1.807, 2.05) is 168 Å². The Morgan fingerprint density at radius 3 is 2.32 bits per heavy atom. The van der Waals surface area contributed by atoms with Crippen molar-refractivity contribution in [3.63, 3.8) is 0 Å². The summed E-state index contributed by atoms with van der Waals surface area (Å²) in [6.07, 6.45) is 0.542. The van der Waals surface area contributed by atoms with Crippen LogP contribution in [0.1, 0.15) is 108 Å². The van der Waals surface area contributed by atoms with Crippen molar-refractivity contribution in [3.05, 3.63) is 172 Å². The maximum Gasteiger partial charge on any atom is 0.355 e. The number of aryl methyl sites for hydroxylation is 1. The summed E-state index contributed by atoms with van der Waals surface area (Å²) >= 11 is 2.98. The summed E-state index contributed by atoms with van der Waals surface area (Å²) in [4.78, 5) is 86.7. The molecule has 0 aliphatic carbocycles. The van der Waals surface area contributed by atoms with Gasteiger partial charge in [0, 0.05) is 43.6 Å². The van der Waals surface area contributed by atoms with Crippen molar-refractivity contribution in [1.82, 2.24) is 30.5 Å². The molecule has 18 heteroatoms. The fourth-order valence-electron chi connectivity index (χ4n) is 10.9. The van der Waals surface area contributed by atoms with Crippen LogP contribution in [0.3, 0.4) is 0 Å². The van der Waals surface area contributed by atoms with Crippen molar-refractivity contribution in [2.24, 2.45) is 11.3 Å².